The van der Waals surface area contributed by atoms with Crippen molar-refractivity contribution >= 4 is 12.6 Å². The summed E-state index contributed by atoms with van der Waals surface area (Å²) in [6.45, 7) is 0. The third kappa shape index (κ3) is 3.74. The first-order valence-corrected chi connectivity index (χ1v) is 8.88. The van der Waals surface area contributed by atoms with Gasteiger partial charge in [0.05, 0.1) is 16.7 Å². The first kappa shape index (κ1) is 22.8. The van der Waals surface area contributed by atoms with Crippen molar-refractivity contribution in [3.8, 4) is 22.6 Å². The van der Waals surface area contributed by atoms with Crippen molar-refractivity contribution < 1.29 is 53.2 Å². The summed E-state index contributed by atoms with van der Waals surface area (Å²) >= 11 is 0. The van der Waals surface area contributed by atoms with Crippen molar-refractivity contribution in [2.24, 2.45) is 0 Å². The Hall–Kier alpha value is -3.38. The van der Waals surface area contributed by atoms with Crippen LogP contribution in [0.4, 0.5) is 43.9 Å². The zero-order valence-corrected chi connectivity index (χ0v) is 15.7. The van der Waals surface area contributed by atoms with Crippen molar-refractivity contribution in [2.75, 3.05) is 0 Å². The van der Waals surface area contributed by atoms with Gasteiger partial charge in [-0.05, 0) is 6.07 Å². The van der Waals surface area contributed by atoms with Gasteiger partial charge in [0.2, 0.25) is 5.82 Å². The minimum atomic E-state index is -5.42. The predicted octanol–water partition coefficient (Wildman–Crippen LogP) is 6.11. The molecule has 0 saturated heterocycles. The second-order valence-electron chi connectivity index (χ2n) is 6.79. The summed E-state index contributed by atoms with van der Waals surface area (Å²) in [5.74, 6) is -10.5. The molecular formula is C20H7BF10O2. The molecule has 0 amide bonds. The average Bonchev–Trinajstić information content (AvgIpc) is 3.17. The number of halogens is 10. The Bertz CT molecular complexity index is 1250. The van der Waals surface area contributed by atoms with E-state index in [1.54, 1.807) is 0 Å². The van der Waals surface area contributed by atoms with Gasteiger partial charge in [0.1, 0.15) is 5.82 Å². The van der Waals surface area contributed by atoms with E-state index in [2.05, 4.69) is 0 Å². The van der Waals surface area contributed by atoms with E-state index in [9.17, 15) is 39.5 Å². The topological polar surface area (TPSA) is 18.5 Å². The fourth-order valence-corrected chi connectivity index (χ4v) is 3.41. The van der Waals surface area contributed by atoms with Crippen molar-refractivity contribution in [1.29, 1.82) is 0 Å². The third-order valence-electron chi connectivity index (χ3n) is 4.77. The molecule has 0 unspecified atom stereocenters. The van der Waals surface area contributed by atoms with Gasteiger partial charge < -0.3 is 9.31 Å². The van der Waals surface area contributed by atoms with E-state index in [1.807, 2.05) is 0 Å². The summed E-state index contributed by atoms with van der Waals surface area (Å²) in [5.41, 5.74) is -7.06. The molecule has 1 heterocycles. The van der Waals surface area contributed by atoms with Crippen LogP contribution in [-0.4, -0.2) is 7.12 Å². The van der Waals surface area contributed by atoms with E-state index < -0.39 is 82.0 Å². The van der Waals surface area contributed by atoms with Crippen LogP contribution in [0, 0.1) is 23.3 Å². The minimum absolute atomic E-state index is 0.384. The Morgan fingerprint density at radius 1 is 0.636 bits per heavy atom. The van der Waals surface area contributed by atoms with E-state index in [4.69, 9.17) is 9.31 Å². The zero-order chi connectivity index (χ0) is 24.3. The average molecular weight is 480 g/mol. The molecule has 0 atom stereocenters. The quantitative estimate of drug-likeness (QED) is 0.250. The molecule has 1 aliphatic rings. The second-order valence-corrected chi connectivity index (χ2v) is 6.79. The summed E-state index contributed by atoms with van der Waals surface area (Å²) in [6, 6.07) is 5.27. The summed E-state index contributed by atoms with van der Waals surface area (Å²) in [6.07, 6.45) is -10.3. The number of rotatable bonds is 2. The van der Waals surface area contributed by atoms with E-state index in [-0.39, 0.29) is 0 Å². The van der Waals surface area contributed by atoms with Gasteiger partial charge in [-0.3, -0.25) is 0 Å². The van der Waals surface area contributed by atoms with Crippen LogP contribution in [0.25, 0.3) is 11.1 Å². The van der Waals surface area contributed by atoms with E-state index in [1.165, 1.54) is 0 Å². The molecule has 4 rings (SSSR count). The van der Waals surface area contributed by atoms with E-state index in [0.29, 0.717) is 24.3 Å². The Kier molecular flexibility index (Phi) is 5.25. The smallest absolute Gasteiger partial charge is 0.517 e. The fourth-order valence-electron chi connectivity index (χ4n) is 3.41. The summed E-state index contributed by atoms with van der Waals surface area (Å²) in [7, 11) is -2.09. The molecule has 0 spiro atoms. The highest BCUT2D eigenvalue weighted by atomic mass is 19.4. The van der Waals surface area contributed by atoms with Gasteiger partial charge in [-0.15, -0.1) is 0 Å². The van der Waals surface area contributed by atoms with Crippen LogP contribution < -0.4 is 14.8 Å². The summed E-state index contributed by atoms with van der Waals surface area (Å²) in [4.78, 5) is 0. The number of hydrogen-bond acceptors (Lipinski definition) is 2. The van der Waals surface area contributed by atoms with Gasteiger partial charge in [-0.25, -0.2) is 13.2 Å². The lowest BCUT2D eigenvalue weighted by Crippen LogP contribution is -2.43. The maximum Gasteiger partial charge on any atom is 0.633 e. The Labute approximate surface area is 178 Å². The predicted molar refractivity (Wildman–Crippen MR) is 94.8 cm³/mol. The third-order valence-corrected chi connectivity index (χ3v) is 4.77. The van der Waals surface area contributed by atoms with Gasteiger partial charge in [0, 0.05) is 11.0 Å². The maximum absolute atomic E-state index is 15.1. The molecule has 33 heavy (non-hydrogen) atoms. The first-order valence-electron chi connectivity index (χ1n) is 8.88. The van der Waals surface area contributed by atoms with E-state index in [0.717, 1.165) is 18.2 Å². The molecule has 2 nitrogen and oxygen atoms in total. The van der Waals surface area contributed by atoms with Crippen molar-refractivity contribution in [3.05, 3.63) is 76.9 Å². The van der Waals surface area contributed by atoms with Gasteiger partial charge in [0.15, 0.2) is 23.1 Å². The van der Waals surface area contributed by atoms with Crippen molar-refractivity contribution in [3.63, 3.8) is 0 Å². The van der Waals surface area contributed by atoms with Crippen LogP contribution >= 0.6 is 0 Å². The monoisotopic (exact) mass is 480 g/mol. The molecule has 13 heteroatoms. The Balaban J connectivity index is 1.89. The Morgan fingerprint density at radius 3 is 1.85 bits per heavy atom. The van der Waals surface area contributed by atoms with Crippen LogP contribution in [-0.2, 0) is 12.4 Å². The molecule has 0 radical (unpaired) electrons. The van der Waals surface area contributed by atoms with Crippen LogP contribution in [0.5, 0.6) is 11.5 Å². The van der Waals surface area contributed by atoms with Crippen molar-refractivity contribution in [2.45, 2.75) is 12.4 Å². The summed E-state index contributed by atoms with van der Waals surface area (Å²) < 4.78 is 148. The van der Waals surface area contributed by atoms with Gasteiger partial charge in [0.25, 0.3) is 0 Å². The van der Waals surface area contributed by atoms with Crippen LogP contribution in [0.2, 0.25) is 0 Å². The highest BCUT2D eigenvalue weighted by Crippen LogP contribution is 2.48. The molecule has 1 aliphatic heterocycles. The summed E-state index contributed by atoms with van der Waals surface area (Å²) in [5, 5.41) is 0. The Morgan fingerprint density at radius 2 is 1.24 bits per heavy atom. The number of hydrogen-bond donors (Lipinski definition) is 0. The molecule has 0 N–H and O–H groups in total. The van der Waals surface area contributed by atoms with Crippen LogP contribution in [0.3, 0.4) is 0 Å². The highest BCUT2D eigenvalue weighted by Gasteiger charge is 2.47. The van der Waals surface area contributed by atoms with Gasteiger partial charge in [-0.2, -0.15) is 30.7 Å². The number of fused-ring (bicyclic) bond motifs is 1. The molecule has 0 aromatic heterocycles. The van der Waals surface area contributed by atoms with E-state index >= 15 is 4.39 Å². The maximum atomic E-state index is 15.1. The first-order chi connectivity index (χ1) is 15.3. The molecule has 0 fully saturated rings. The molecule has 0 aliphatic carbocycles. The lowest BCUT2D eigenvalue weighted by molar-refractivity contribution is -0.139. The molecule has 3 aromatic rings. The molecule has 3 aromatic carbocycles. The molecule has 0 bridgehead atoms. The normalized spacial score (nSPS) is 13.6. The SMILES string of the molecule is Fc1cccc(-c2c(F)c(F)c3c(c2F)OB(c2ccccc2C(F)(F)F)O3)c1C(F)(F)F. The van der Waals surface area contributed by atoms with Crippen LogP contribution in [0.15, 0.2) is 42.5 Å². The lowest BCUT2D eigenvalue weighted by atomic mass is 9.76. The van der Waals surface area contributed by atoms with Gasteiger partial charge >= 0.3 is 19.5 Å². The number of alkyl halides is 6. The second kappa shape index (κ2) is 7.60. The minimum Gasteiger partial charge on any atom is -0.517 e. The number of benzene rings is 3. The standard InChI is InChI=1S/C20H7BF10O2/c22-11-7-3-4-8(13(11)20(29,30)31)12-14(23)16(25)18-17(15(12)24)32-21(33-18)10-6-2-1-5-9(10)19(26,27)28/h1-7H. The van der Waals surface area contributed by atoms with Gasteiger partial charge in [-0.1, -0.05) is 36.4 Å². The lowest BCUT2D eigenvalue weighted by Gasteiger charge is -2.16. The van der Waals surface area contributed by atoms with Crippen LogP contribution in [0.1, 0.15) is 11.1 Å². The largest absolute Gasteiger partial charge is 0.633 e. The molecular weight excluding hydrogens is 473 g/mol. The molecule has 172 valence electrons. The molecule has 0 saturated carbocycles. The van der Waals surface area contributed by atoms with Crippen molar-refractivity contribution in [1.82, 2.24) is 0 Å². The highest BCUT2D eigenvalue weighted by molar-refractivity contribution is 6.64. The fraction of sp³-hybridized carbons (Fsp3) is 0.100. The zero-order valence-electron chi connectivity index (χ0n) is 15.7.